The lowest BCUT2D eigenvalue weighted by Gasteiger charge is -2.08. The molecule has 2 aromatic carbocycles. The molecule has 0 amide bonds. The third kappa shape index (κ3) is 4.79. The van der Waals surface area contributed by atoms with E-state index in [9.17, 15) is 4.39 Å². The summed E-state index contributed by atoms with van der Waals surface area (Å²) in [7, 11) is 0. The van der Waals surface area contributed by atoms with Crippen molar-refractivity contribution in [2.75, 3.05) is 20.0 Å². The van der Waals surface area contributed by atoms with Crippen LogP contribution in [0.5, 0.6) is 5.75 Å². The number of halogens is 1. The molecule has 2 aromatic rings. The molecule has 24 heavy (non-hydrogen) atoms. The van der Waals surface area contributed by atoms with Crippen LogP contribution in [0.4, 0.5) is 4.39 Å². The summed E-state index contributed by atoms with van der Waals surface area (Å²) < 4.78 is 29.4. The Morgan fingerprint density at radius 3 is 2.50 bits per heavy atom. The quantitative estimate of drug-likeness (QED) is 0.424. The summed E-state index contributed by atoms with van der Waals surface area (Å²) in [5.41, 5.74) is 2.10. The Bertz CT molecular complexity index is 720. The van der Waals surface area contributed by atoms with Gasteiger partial charge in [0.2, 0.25) is 0 Å². The zero-order chi connectivity index (χ0) is 16.8. The number of epoxide rings is 1. The van der Waals surface area contributed by atoms with Crippen molar-refractivity contribution < 1.29 is 18.6 Å². The molecule has 0 radical (unpaired) electrons. The lowest BCUT2D eigenvalue weighted by molar-refractivity contribution is 0.00821. The number of aryl methyl sites for hydroxylation is 2. The molecule has 1 atom stereocenters. The molecule has 0 saturated carbocycles. The van der Waals surface area contributed by atoms with Crippen molar-refractivity contribution in [2.24, 2.45) is 0 Å². The number of hydrogen-bond acceptors (Lipinski definition) is 4. The Balaban J connectivity index is 1.45. The molecule has 1 unspecified atom stereocenters. The highest BCUT2D eigenvalue weighted by atomic mass is 19.1. The first-order valence-electron chi connectivity index (χ1n) is 7.84. The molecule has 0 N–H and O–H groups in total. The van der Waals surface area contributed by atoms with Crippen LogP contribution in [0.2, 0.25) is 0 Å². The number of benzene rings is 2. The fourth-order valence-electron chi connectivity index (χ4n) is 2.30. The maximum absolute atomic E-state index is 13.6. The van der Waals surface area contributed by atoms with Crippen molar-refractivity contribution in [3.05, 3.63) is 65.0 Å². The van der Waals surface area contributed by atoms with Crippen molar-refractivity contribution in [1.82, 2.24) is 0 Å². The summed E-state index contributed by atoms with van der Waals surface area (Å²) in [6.45, 7) is 1.56. The van der Waals surface area contributed by atoms with E-state index in [1.165, 1.54) is 12.1 Å². The van der Waals surface area contributed by atoms with Gasteiger partial charge in [-0.1, -0.05) is 18.2 Å². The average molecular weight is 327 g/mol. The van der Waals surface area contributed by atoms with Crippen LogP contribution in [0.3, 0.4) is 0 Å². The number of ether oxygens (including phenoxy) is 3. The molecule has 0 aromatic heterocycles. The molecule has 5 heteroatoms. The van der Waals surface area contributed by atoms with E-state index in [0.717, 1.165) is 29.9 Å². The molecule has 1 fully saturated rings. The largest absolute Gasteiger partial charge is 0.468 e. The summed E-state index contributed by atoms with van der Waals surface area (Å²) >= 11 is 0. The van der Waals surface area contributed by atoms with Gasteiger partial charge < -0.3 is 14.2 Å². The predicted molar refractivity (Wildman–Crippen MR) is 86.2 cm³/mol. The third-order valence-electron chi connectivity index (χ3n) is 3.79. The Morgan fingerprint density at radius 1 is 1.12 bits per heavy atom. The highest BCUT2D eigenvalue weighted by Crippen LogP contribution is 2.16. The van der Waals surface area contributed by atoms with Gasteiger partial charge in [-0.2, -0.15) is 5.26 Å². The molecule has 4 nitrogen and oxygen atoms in total. The van der Waals surface area contributed by atoms with Gasteiger partial charge in [-0.25, -0.2) is 4.39 Å². The molecule has 0 bridgehead atoms. The summed E-state index contributed by atoms with van der Waals surface area (Å²) in [6.07, 6.45) is 1.75. The van der Waals surface area contributed by atoms with E-state index in [4.69, 9.17) is 19.5 Å². The number of nitriles is 1. The monoisotopic (exact) mass is 327 g/mol. The maximum Gasteiger partial charge on any atom is 0.189 e. The fourth-order valence-corrected chi connectivity index (χ4v) is 2.30. The average Bonchev–Trinajstić information content (AvgIpc) is 3.42. The normalized spacial score (nSPS) is 15.8. The van der Waals surface area contributed by atoms with Gasteiger partial charge in [0.15, 0.2) is 6.79 Å². The van der Waals surface area contributed by atoms with E-state index in [-0.39, 0.29) is 18.5 Å². The second-order valence-electron chi connectivity index (χ2n) is 5.66. The van der Waals surface area contributed by atoms with Crippen LogP contribution in [0.25, 0.3) is 0 Å². The van der Waals surface area contributed by atoms with Crippen LogP contribution in [-0.2, 0) is 22.3 Å². The lowest BCUT2D eigenvalue weighted by atomic mass is 10.0. The number of rotatable bonds is 8. The van der Waals surface area contributed by atoms with E-state index in [2.05, 4.69) is 0 Å². The van der Waals surface area contributed by atoms with Gasteiger partial charge in [0.25, 0.3) is 0 Å². The van der Waals surface area contributed by atoms with Crippen LogP contribution in [-0.4, -0.2) is 26.1 Å². The second kappa shape index (κ2) is 7.91. The molecule has 3 rings (SSSR count). The highest BCUT2D eigenvalue weighted by molar-refractivity contribution is 5.34. The molecule has 124 valence electrons. The Morgan fingerprint density at radius 2 is 1.83 bits per heavy atom. The molecule has 0 aliphatic carbocycles. The molecule has 0 spiro atoms. The molecule has 1 heterocycles. The van der Waals surface area contributed by atoms with Crippen molar-refractivity contribution in [1.29, 1.82) is 5.26 Å². The van der Waals surface area contributed by atoms with Crippen LogP contribution < -0.4 is 4.74 Å². The minimum Gasteiger partial charge on any atom is -0.468 e. The smallest absolute Gasteiger partial charge is 0.189 e. The van der Waals surface area contributed by atoms with Gasteiger partial charge in [-0.15, -0.1) is 0 Å². The van der Waals surface area contributed by atoms with E-state index < -0.39 is 5.82 Å². The first-order valence-corrected chi connectivity index (χ1v) is 7.84. The minimum absolute atomic E-state index is 0.0794. The van der Waals surface area contributed by atoms with E-state index in [0.29, 0.717) is 13.0 Å². The van der Waals surface area contributed by atoms with Gasteiger partial charge in [0, 0.05) is 0 Å². The summed E-state index contributed by atoms with van der Waals surface area (Å²) in [6, 6.07) is 14.3. The first kappa shape index (κ1) is 16.4. The lowest BCUT2D eigenvalue weighted by Crippen LogP contribution is -2.07. The Hall–Kier alpha value is -2.42. The Labute approximate surface area is 140 Å². The molecule has 1 aliphatic heterocycles. The van der Waals surface area contributed by atoms with Crippen molar-refractivity contribution in [3.8, 4) is 11.8 Å². The topological polar surface area (TPSA) is 54.8 Å². The first-order chi connectivity index (χ1) is 11.7. The SMILES string of the molecule is N#Cc1ccc(CCc2ccc(OCOCC3CO3)cc2)cc1F. The molecular weight excluding hydrogens is 309 g/mol. The van der Waals surface area contributed by atoms with E-state index >= 15 is 0 Å². The Kier molecular flexibility index (Phi) is 5.42. The summed E-state index contributed by atoms with van der Waals surface area (Å²) in [5.74, 6) is 0.287. The number of nitrogens with zero attached hydrogens (tertiary/aromatic N) is 1. The van der Waals surface area contributed by atoms with Gasteiger partial charge >= 0.3 is 0 Å². The summed E-state index contributed by atoms with van der Waals surface area (Å²) in [5, 5.41) is 8.73. The van der Waals surface area contributed by atoms with Crippen molar-refractivity contribution in [2.45, 2.75) is 18.9 Å². The van der Waals surface area contributed by atoms with Crippen LogP contribution in [0.15, 0.2) is 42.5 Å². The van der Waals surface area contributed by atoms with Crippen molar-refractivity contribution in [3.63, 3.8) is 0 Å². The fraction of sp³-hybridized carbons (Fsp3) is 0.316. The molecular formula is C19H18FNO3. The van der Waals surface area contributed by atoms with Gasteiger partial charge in [0.1, 0.15) is 23.7 Å². The second-order valence-corrected chi connectivity index (χ2v) is 5.66. The standard InChI is InChI=1S/C19H18FNO3/c20-19-9-15(3-6-16(19)10-21)2-1-14-4-7-17(8-5-14)24-13-22-11-18-12-23-18/h3-9,18H,1-2,11-13H2. The van der Waals surface area contributed by atoms with Gasteiger partial charge in [-0.05, 0) is 48.2 Å². The zero-order valence-corrected chi connectivity index (χ0v) is 13.2. The van der Waals surface area contributed by atoms with E-state index in [1.54, 1.807) is 6.07 Å². The van der Waals surface area contributed by atoms with Crippen LogP contribution in [0.1, 0.15) is 16.7 Å². The van der Waals surface area contributed by atoms with Crippen molar-refractivity contribution >= 4 is 0 Å². The number of hydrogen-bond donors (Lipinski definition) is 0. The molecule has 1 aliphatic rings. The van der Waals surface area contributed by atoms with Crippen LogP contribution >= 0.6 is 0 Å². The minimum atomic E-state index is -0.463. The molecule has 1 saturated heterocycles. The van der Waals surface area contributed by atoms with Gasteiger partial charge in [0.05, 0.1) is 18.8 Å². The zero-order valence-electron chi connectivity index (χ0n) is 13.2. The maximum atomic E-state index is 13.6. The summed E-state index contributed by atoms with van der Waals surface area (Å²) in [4.78, 5) is 0. The third-order valence-corrected chi connectivity index (χ3v) is 3.79. The highest BCUT2D eigenvalue weighted by Gasteiger charge is 2.22. The van der Waals surface area contributed by atoms with Gasteiger partial charge in [-0.3, -0.25) is 0 Å². The predicted octanol–water partition coefficient (Wildman–Crippen LogP) is 3.23. The van der Waals surface area contributed by atoms with Crippen LogP contribution in [0, 0.1) is 17.1 Å². The van der Waals surface area contributed by atoms with E-state index in [1.807, 2.05) is 30.3 Å².